The summed E-state index contributed by atoms with van der Waals surface area (Å²) in [7, 11) is 0. The van der Waals surface area contributed by atoms with E-state index in [9.17, 15) is 0 Å². The molecular formula is C15H23N. The maximum atomic E-state index is 3.57. The Balaban J connectivity index is 2.29. The van der Waals surface area contributed by atoms with Crippen molar-refractivity contribution in [1.29, 1.82) is 0 Å². The Morgan fingerprint density at radius 1 is 1.25 bits per heavy atom. The highest BCUT2D eigenvalue weighted by atomic mass is 14.9. The molecule has 0 aromatic heterocycles. The van der Waals surface area contributed by atoms with Gasteiger partial charge >= 0.3 is 0 Å². The molecule has 0 radical (unpaired) electrons. The van der Waals surface area contributed by atoms with Gasteiger partial charge in [0, 0.05) is 6.04 Å². The van der Waals surface area contributed by atoms with E-state index in [-0.39, 0.29) is 5.41 Å². The summed E-state index contributed by atoms with van der Waals surface area (Å²) in [6, 6.07) is 7.56. The van der Waals surface area contributed by atoms with E-state index in [1.54, 1.807) is 0 Å². The third-order valence-electron chi connectivity index (χ3n) is 3.57. The standard InChI is InChI=1S/C15H23N/c1-11-10-12(15(2,3)4)7-8-13(11)14-6-5-9-16-14/h7-8,10,14,16H,5-6,9H2,1-4H3. The van der Waals surface area contributed by atoms with Gasteiger partial charge in [-0.3, -0.25) is 0 Å². The van der Waals surface area contributed by atoms with Gasteiger partial charge in [-0.1, -0.05) is 39.0 Å². The second-order valence-electron chi connectivity index (χ2n) is 5.97. The number of nitrogens with one attached hydrogen (secondary N) is 1. The molecule has 0 saturated carbocycles. The van der Waals surface area contributed by atoms with Crippen LogP contribution in [0.25, 0.3) is 0 Å². The smallest absolute Gasteiger partial charge is 0.0323 e. The van der Waals surface area contributed by atoms with Crippen LogP contribution < -0.4 is 5.32 Å². The van der Waals surface area contributed by atoms with E-state index in [0.717, 1.165) is 0 Å². The number of hydrogen-bond donors (Lipinski definition) is 1. The van der Waals surface area contributed by atoms with Crippen molar-refractivity contribution in [2.45, 2.75) is 52.0 Å². The Morgan fingerprint density at radius 2 is 2.00 bits per heavy atom. The highest BCUT2D eigenvalue weighted by Gasteiger charge is 2.20. The molecule has 1 N–H and O–H groups in total. The predicted octanol–water partition coefficient (Wildman–Crippen LogP) is 3.72. The predicted molar refractivity (Wildman–Crippen MR) is 69.9 cm³/mol. The molecule has 1 heteroatoms. The molecule has 1 nitrogen and oxygen atoms in total. The minimum Gasteiger partial charge on any atom is -0.310 e. The average Bonchev–Trinajstić information content (AvgIpc) is 2.69. The summed E-state index contributed by atoms with van der Waals surface area (Å²) in [4.78, 5) is 0. The Morgan fingerprint density at radius 3 is 2.50 bits per heavy atom. The van der Waals surface area contributed by atoms with Gasteiger partial charge in [0.05, 0.1) is 0 Å². The molecule has 1 aromatic rings. The van der Waals surface area contributed by atoms with E-state index in [4.69, 9.17) is 0 Å². The van der Waals surface area contributed by atoms with E-state index in [2.05, 4.69) is 51.2 Å². The minimum atomic E-state index is 0.256. The van der Waals surface area contributed by atoms with Crippen LogP contribution in [0.4, 0.5) is 0 Å². The van der Waals surface area contributed by atoms with Crippen LogP contribution in [0.3, 0.4) is 0 Å². The number of hydrogen-bond acceptors (Lipinski definition) is 1. The van der Waals surface area contributed by atoms with Gasteiger partial charge in [0.15, 0.2) is 0 Å². The van der Waals surface area contributed by atoms with Crippen molar-refractivity contribution in [2.75, 3.05) is 6.54 Å². The summed E-state index contributed by atoms with van der Waals surface area (Å²) in [6.45, 7) is 10.2. The van der Waals surface area contributed by atoms with Gasteiger partial charge in [-0.15, -0.1) is 0 Å². The lowest BCUT2D eigenvalue weighted by Gasteiger charge is -2.22. The fourth-order valence-corrected chi connectivity index (χ4v) is 2.48. The van der Waals surface area contributed by atoms with Crippen molar-refractivity contribution in [2.24, 2.45) is 0 Å². The van der Waals surface area contributed by atoms with Gasteiger partial charge in [0.25, 0.3) is 0 Å². The lowest BCUT2D eigenvalue weighted by atomic mass is 9.84. The fraction of sp³-hybridized carbons (Fsp3) is 0.600. The first-order valence-electron chi connectivity index (χ1n) is 6.33. The summed E-state index contributed by atoms with van der Waals surface area (Å²) in [5.41, 5.74) is 4.62. The zero-order chi connectivity index (χ0) is 11.8. The van der Waals surface area contributed by atoms with Crippen LogP contribution in [0.5, 0.6) is 0 Å². The zero-order valence-corrected chi connectivity index (χ0v) is 10.9. The Hall–Kier alpha value is -0.820. The molecule has 0 spiro atoms. The number of rotatable bonds is 1. The summed E-state index contributed by atoms with van der Waals surface area (Å²) in [5.74, 6) is 0. The van der Waals surface area contributed by atoms with Crippen LogP contribution in [0, 0.1) is 6.92 Å². The van der Waals surface area contributed by atoms with E-state index < -0.39 is 0 Å². The molecule has 16 heavy (non-hydrogen) atoms. The van der Waals surface area contributed by atoms with Crippen LogP contribution in [0.15, 0.2) is 18.2 Å². The fourth-order valence-electron chi connectivity index (χ4n) is 2.48. The minimum absolute atomic E-state index is 0.256. The quantitative estimate of drug-likeness (QED) is 0.756. The van der Waals surface area contributed by atoms with Crippen LogP contribution in [0.2, 0.25) is 0 Å². The maximum absolute atomic E-state index is 3.57. The summed E-state index contributed by atoms with van der Waals surface area (Å²) >= 11 is 0. The highest BCUT2D eigenvalue weighted by Crippen LogP contribution is 2.29. The Bertz CT molecular complexity index is 368. The van der Waals surface area contributed by atoms with Gasteiger partial charge < -0.3 is 5.32 Å². The molecule has 0 amide bonds. The molecular weight excluding hydrogens is 194 g/mol. The normalized spacial score (nSPS) is 21.4. The zero-order valence-electron chi connectivity index (χ0n) is 10.9. The van der Waals surface area contributed by atoms with Crippen molar-refractivity contribution in [3.05, 3.63) is 34.9 Å². The van der Waals surface area contributed by atoms with Crippen molar-refractivity contribution < 1.29 is 0 Å². The van der Waals surface area contributed by atoms with Gasteiger partial charge in [0.2, 0.25) is 0 Å². The molecule has 0 aliphatic carbocycles. The molecule has 1 aromatic carbocycles. The average molecular weight is 217 g/mol. The Kier molecular flexibility index (Phi) is 3.07. The molecule has 1 heterocycles. The van der Waals surface area contributed by atoms with Crippen LogP contribution in [-0.4, -0.2) is 6.54 Å². The van der Waals surface area contributed by atoms with Gasteiger partial charge in [-0.2, -0.15) is 0 Å². The molecule has 1 unspecified atom stereocenters. The highest BCUT2D eigenvalue weighted by molar-refractivity contribution is 5.36. The molecule has 1 fully saturated rings. The summed E-state index contributed by atoms with van der Waals surface area (Å²) in [5, 5.41) is 3.57. The molecule has 1 atom stereocenters. The van der Waals surface area contributed by atoms with Crippen LogP contribution in [-0.2, 0) is 5.41 Å². The second-order valence-corrected chi connectivity index (χ2v) is 5.97. The molecule has 2 rings (SSSR count). The van der Waals surface area contributed by atoms with Crippen LogP contribution >= 0.6 is 0 Å². The van der Waals surface area contributed by atoms with E-state index in [0.29, 0.717) is 6.04 Å². The second kappa shape index (κ2) is 4.21. The third-order valence-corrected chi connectivity index (χ3v) is 3.57. The largest absolute Gasteiger partial charge is 0.310 e. The van der Waals surface area contributed by atoms with Gasteiger partial charge in [-0.25, -0.2) is 0 Å². The number of benzene rings is 1. The van der Waals surface area contributed by atoms with Crippen molar-refractivity contribution >= 4 is 0 Å². The maximum Gasteiger partial charge on any atom is 0.0323 e. The van der Waals surface area contributed by atoms with Crippen molar-refractivity contribution in [1.82, 2.24) is 5.32 Å². The topological polar surface area (TPSA) is 12.0 Å². The first kappa shape index (κ1) is 11.7. The first-order valence-corrected chi connectivity index (χ1v) is 6.33. The number of aryl methyl sites for hydroxylation is 1. The molecule has 1 aliphatic heterocycles. The van der Waals surface area contributed by atoms with E-state index in [1.807, 2.05) is 0 Å². The first-order chi connectivity index (χ1) is 7.48. The van der Waals surface area contributed by atoms with Crippen molar-refractivity contribution in [3.8, 4) is 0 Å². The van der Waals surface area contributed by atoms with Gasteiger partial charge in [-0.05, 0) is 48.4 Å². The van der Waals surface area contributed by atoms with Crippen molar-refractivity contribution in [3.63, 3.8) is 0 Å². The SMILES string of the molecule is Cc1cc(C(C)(C)C)ccc1C1CCCN1. The van der Waals surface area contributed by atoms with E-state index in [1.165, 1.54) is 36.1 Å². The molecule has 88 valence electrons. The molecule has 1 aliphatic rings. The molecule has 1 saturated heterocycles. The monoisotopic (exact) mass is 217 g/mol. The lowest BCUT2D eigenvalue weighted by molar-refractivity contribution is 0.586. The van der Waals surface area contributed by atoms with Gasteiger partial charge in [0.1, 0.15) is 0 Å². The summed E-state index contributed by atoms with van der Waals surface area (Å²) in [6.07, 6.45) is 2.60. The summed E-state index contributed by atoms with van der Waals surface area (Å²) < 4.78 is 0. The Labute approximate surface area is 99.3 Å². The third kappa shape index (κ3) is 2.30. The lowest BCUT2D eigenvalue weighted by Crippen LogP contribution is -2.16. The van der Waals surface area contributed by atoms with Crippen LogP contribution in [0.1, 0.15) is 56.3 Å². The van der Waals surface area contributed by atoms with E-state index >= 15 is 0 Å². The molecule has 0 bridgehead atoms.